The molecule has 0 spiro atoms. The summed E-state index contributed by atoms with van der Waals surface area (Å²) in [7, 11) is 0. The molecule has 1 saturated heterocycles. The van der Waals surface area contributed by atoms with Crippen molar-refractivity contribution < 1.29 is 4.74 Å². The normalized spacial score (nSPS) is 19.7. The SMILES string of the molecule is CCCNCC1COCCN1c1nc(C)cc(C)n1. The van der Waals surface area contributed by atoms with Gasteiger partial charge in [0.05, 0.1) is 19.3 Å². The average molecular weight is 264 g/mol. The minimum Gasteiger partial charge on any atom is -0.377 e. The van der Waals surface area contributed by atoms with Gasteiger partial charge in [0, 0.05) is 24.5 Å². The summed E-state index contributed by atoms with van der Waals surface area (Å²) in [4.78, 5) is 11.4. The lowest BCUT2D eigenvalue weighted by Gasteiger charge is -2.36. The molecule has 2 rings (SSSR count). The van der Waals surface area contributed by atoms with Gasteiger partial charge in [-0.25, -0.2) is 9.97 Å². The topological polar surface area (TPSA) is 50.3 Å². The second-order valence-corrected chi connectivity index (χ2v) is 5.08. The third-order valence-electron chi connectivity index (χ3n) is 3.26. The van der Waals surface area contributed by atoms with Gasteiger partial charge in [0.25, 0.3) is 0 Å². The Labute approximate surface area is 115 Å². The zero-order valence-corrected chi connectivity index (χ0v) is 12.1. The van der Waals surface area contributed by atoms with Gasteiger partial charge in [-0.2, -0.15) is 0 Å². The van der Waals surface area contributed by atoms with Gasteiger partial charge in [0.2, 0.25) is 5.95 Å². The number of nitrogens with one attached hydrogen (secondary N) is 1. The lowest BCUT2D eigenvalue weighted by atomic mass is 10.2. The summed E-state index contributed by atoms with van der Waals surface area (Å²) in [5, 5.41) is 3.46. The van der Waals surface area contributed by atoms with Crippen LogP contribution in [0.15, 0.2) is 6.07 Å². The van der Waals surface area contributed by atoms with E-state index in [1.54, 1.807) is 0 Å². The van der Waals surface area contributed by atoms with Crippen molar-refractivity contribution in [2.24, 2.45) is 0 Å². The fourth-order valence-electron chi connectivity index (χ4n) is 2.37. The van der Waals surface area contributed by atoms with Crippen LogP contribution in [0.3, 0.4) is 0 Å². The minimum absolute atomic E-state index is 0.321. The summed E-state index contributed by atoms with van der Waals surface area (Å²) in [6, 6.07) is 2.33. The van der Waals surface area contributed by atoms with E-state index in [2.05, 4.69) is 27.1 Å². The van der Waals surface area contributed by atoms with E-state index in [1.165, 1.54) is 0 Å². The van der Waals surface area contributed by atoms with E-state index < -0.39 is 0 Å². The van der Waals surface area contributed by atoms with Crippen LogP contribution in [0.25, 0.3) is 0 Å². The van der Waals surface area contributed by atoms with E-state index in [-0.39, 0.29) is 0 Å². The summed E-state index contributed by atoms with van der Waals surface area (Å²) in [6.07, 6.45) is 1.15. The lowest BCUT2D eigenvalue weighted by molar-refractivity contribution is 0.0929. The second kappa shape index (κ2) is 6.82. The largest absolute Gasteiger partial charge is 0.377 e. The maximum atomic E-state index is 5.59. The number of aryl methyl sites for hydroxylation is 2. The third kappa shape index (κ3) is 3.88. The Hall–Kier alpha value is -1.20. The third-order valence-corrected chi connectivity index (χ3v) is 3.26. The van der Waals surface area contributed by atoms with E-state index >= 15 is 0 Å². The second-order valence-electron chi connectivity index (χ2n) is 5.08. The van der Waals surface area contributed by atoms with Gasteiger partial charge < -0.3 is 15.0 Å². The molecular formula is C14H24N4O. The highest BCUT2D eigenvalue weighted by Gasteiger charge is 2.25. The van der Waals surface area contributed by atoms with E-state index in [1.807, 2.05) is 19.9 Å². The number of nitrogens with zero attached hydrogens (tertiary/aromatic N) is 3. The maximum Gasteiger partial charge on any atom is 0.226 e. The van der Waals surface area contributed by atoms with Gasteiger partial charge >= 0.3 is 0 Å². The van der Waals surface area contributed by atoms with Crippen LogP contribution in [0, 0.1) is 13.8 Å². The molecule has 1 aromatic rings. The molecule has 1 aliphatic rings. The molecule has 0 bridgehead atoms. The Morgan fingerprint density at radius 1 is 1.37 bits per heavy atom. The summed E-state index contributed by atoms with van der Waals surface area (Å²) in [6.45, 7) is 10.5. The van der Waals surface area contributed by atoms with Gasteiger partial charge in [0.1, 0.15) is 0 Å². The first kappa shape index (κ1) is 14.2. The molecule has 0 amide bonds. The molecule has 0 radical (unpaired) electrons. The van der Waals surface area contributed by atoms with E-state index in [0.717, 1.165) is 56.6 Å². The number of aromatic nitrogens is 2. The fourth-order valence-corrected chi connectivity index (χ4v) is 2.37. The standard InChI is InChI=1S/C14H24N4O/c1-4-5-15-9-13-10-19-7-6-18(13)14-16-11(2)8-12(3)17-14/h8,13,15H,4-7,9-10H2,1-3H3. The molecule has 106 valence electrons. The zero-order chi connectivity index (χ0) is 13.7. The van der Waals surface area contributed by atoms with Crippen LogP contribution in [0.1, 0.15) is 24.7 Å². The van der Waals surface area contributed by atoms with Crippen LogP contribution in [0.4, 0.5) is 5.95 Å². The van der Waals surface area contributed by atoms with Crippen LogP contribution >= 0.6 is 0 Å². The quantitative estimate of drug-likeness (QED) is 0.812. The summed E-state index contributed by atoms with van der Waals surface area (Å²) >= 11 is 0. The number of morpholine rings is 1. The van der Waals surface area contributed by atoms with Crippen LogP contribution in [-0.2, 0) is 4.74 Å². The van der Waals surface area contributed by atoms with Gasteiger partial charge in [-0.05, 0) is 32.9 Å². The Kier molecular flexibility index (Phi) is 5.10. The summed E-state index contributed by atoms with van der Waals surface area (Å²) in [5.74, 6) is 0.837. The molecule has 1 aromatic heterocycles. The minimum atomic E-state index is 0.321. The molecule has 0 aliphatic carbocycles. The average Bonchev–Trinajstić information content (AvgIpc) is 2.38. The van der Waals surface area contributed by atoms with Gasteiger partial charge in [-0.3, -0.25) is 0 Å². The lowest BCUT2D eigenvalue weighted by Crippen LogP contribution is -2.51. The fraction of sp³-hybridized carbons (Fsp3) is 0.714. The predicted molar refractivity (Wildman–Crippen MR) is 76.6 cm³/mol. The molecule has 0 saturated carbocycles. The van der Waals surface area contributed by atoms with Crippen LogP contribution in [0.5, 0.6) is 0 Å². The van der Waals surface area contributed by atoms with Crippen molar-refractivity contribution in [1.29, 1.82) is 0 Å². The highest BCUT2D eigenvalue weighted by molar-refractivity contribution is 5.34. The molecule has 5 heteroatoms. The molecular weight excluding hydrogens is 240 g/mol. The molecule has 0 aromatic carbocycles. The number of anilines is 1. The van der Waals surface area contributed by atoms with Gasteiger partial charge in [-0.15, -0.1) is 0 Å². The van der Waals surface area contributed by atoms with E-state index in [9.17, 15) is 0 Å². The number of ether oxygens (including phenoxy) is 1. The zero-order valence-electron chi connectivity index (χ0n) is 12.1. The Morgan fingerprint density at radius 2 is 2.11 bits per heavy atom. The number of hydrogen-bond acceptors (Lipinski definition) is 5. The molecule has 5 nitrogen and oxygen atoms in total. The van der Waals surface area contributed by atoms with Crippen molar-refractivity contribution in [3.63, 3.8) is 0 Å². The molecule has 1 atom stereocenters. The first-order valence-electron chi connectivity index (χ1n) is 7.08. The van der Waals surface area contributed by atoms with Crippen molar-refractivity contribution in [3.8, 4) is 0 Å². The molecule has 19 heavy (non-hydrogen) atoms. The van der Waals surface area contributed by atoms with Crippen LogP contribution in [-0.4, -0.2) is 48.9 Å². The smallest absolute Gasteiger partial charge is 0.226 e. The molecule has 1 aliphatic heterocycles. The Bertz CT molecular complexity index is 390. The maximum absolute atomic E-state index is 5.59. The van der Waals surface area contributed by atoms with Crippen LogP contribution < -0.4 is 10.2 Å². The van der Waals surface area contributed by atoms with Crippen molar-refractivity contribution in [3.05, 3.63) is 17.5 Å². The first-order valence-corrected chi connectivity index (χ1v) is 7.08. The molecule has 2 heterocycles. The van der Waals surface area contributed by atoms with E-state index in [4.69, 9.17) is 4.74 Å². The monoisotopic (exact) mass is 264 g/mol. The molecule has 1 N–H and O–H groups in total. The van der Waals surface area contributed by atoms with Crippen molar-refractivity contribution in [2.45, 2.75) is 33.2 Å². The van der Waals surface area contributed by atoms with Crippen LogP contribution in [0.2, 0.25) is 0 Å². The highest BCUT2D eigenvalue weighted by atomic mass is 16.5. The molecule has 1 fully saturated rings. The summed E-state index contributed by atoms with van der Waals surface area (Å²) < 4.78 is 5.59. The predicted octanol–water partition coefficient (Wildman–Crippen LogP) is 1.30. The molecule has 1 unspecified atom stereocenters. The number of rotatable bonds is 5. The Morgan fingerprint density at radius 3 is 2.79 bits per heavy atom. The van der Waals surface area contributed by atoms with Crippen molar-refractivity contribution in [2.75, 3.05) is 37.7 Å². The van der Waals surface area contributed by atoms with Gasteiger partial charge in [-0.1, -0.05) is 6.92 Å². The summed E-state index contributed by atoms with van der Waals surface area (Å²) in [5.41, 5.74) is 2.04. The first-order chi connectivity index (χ1) is 9.20. The Balaban J connectivity index is 2.09. The van der Waals surface area contributed by atoms with Crippen molar-refractivity contribution >= 4 is 5.95 Å². The van der Waals surface area contributed by atoms with Gasteiger partial charge in [0.15, 0.2) is 0 Å². The van der Waals surface area contributed by atoms with Crippen molar-refractivity contribution in [1.82, 2.24) is 15.3 Å². The number of hydrogen-bond donors (Lipinski definition) is 1. The highest BCUT2D eigenvalue weighted by Crippen LogP contribution is 2.16. The van der Waals surface area contributed by atoms with E-state index in [0.29, 0.717) is 6.04 Å².